The number of aromatic amines is 1. The zero-order valence-electron chi connectivity index (χ0n) is 16.1. The molecule has 1 aromatic heterocycles. The van der Waals surface area contributed by atoms with Crippen molar-refractivity contribution >= 4 is 0 Å². The first kappa shape index (κ1) is 17.5. The first-order valence-electron chi connectivity index (χ1n) is 10.1. The number of fused-ring (bicyclic) bond motifs is 2. The second kappa shape index (κ2) is 7.78. The molecule has 5 rings (SSSR count). The van der Waals surface area contributed by atoms with Gasteiger partial charge in [0, 0.05) is 56.6 Å². The van der Waals surface area contributed by atoms with E-state index in [1.807, 2.05) is 12.4 Å². The molecule has 0 radical (unpaired) electrons. The van der Waals surface area contributed by atoms with Gasteiger partial charge in [0.2, 0.25) is 0 Å². The van der Waals surface area contributed by atoms with Gasteiger partial charge in [0.15, 0.2) is 0 Å². The molecular weight excluding hydrogens is 348 g/mol. The van der Waals surface area contributed by atoms with Crippen molar-refractivity contribution in [1.82, 2.24) is 20.0 Å². The fraction of sp³-hybridized carbons (Fsp3) is 0.348. The third-order valence-corrected chi connectivity index (χ3v) is 5.76. The van der Waals surface area contributed by atoms with Gasteiger partial charge in [-0.05, 0) is 35.2 Å². The summed E-state index contributed by atoms with van der Waals surface area (Å²) in [6.45, 7) is 6.62. The minimum Gasteiger partial charge on any atom is -0.492 e. The predicted octanol–water partition coefficient (Wildman–Crippen LogP) is 3.36. The molecule has 1 N–H and O–H groups in total. The first-order valence-corrected chi connectivity index (χ1v) is 10.1. The predicted molar refractivity (Wildman–Crippen MR) is 109 cm³/mol. The van der Waals surface area contributed by atoms with Gasteiger partial charge in [0.1, 0.15) is 12.4 Å². The number of hydrogen-bond donors (Lipinski definition) is 1. The van der Waals surface area contributed by atoms with Gasteiger partial charge >= 0.3 is 0 Å². The van der Waals surface area contributed by atoms with E-state index in [-0.39, 0.29) is 0 Å². The summed E-state index contributed by atoms with van der Waals surface area (Å²) in [4.78, 5) is 4.97. The van der Waals surface area contributed by atoms with Crippen molar-refractivity contribution in [2.75, 3.05) is 19.7 Å². The summed E-state index contributed by atoms with van der Waals surface area (Å²) in [5.74, 6) is 1.03. The molecule has 0 aliphatic carbocycles. The maximum Gasteiger partial charge on any atom is 0.123 e. The molecule has 0 atom stereocenters. The number of nitrogens with zero attached hydrogens (tertiary/aromatic N) is 3. The van der Waals surface area contributed by atoms with Crippen LogP contribution in [0, 0.1) is 0 Å². The van der Waals surface area contributed by atoms with E-state index in [4.69, 9.17) is 4.74 Å². The molecule has 144 valence electrons. The fourth-order valence-corrected chi connectivity index (χ4v) is 4.30. The van der Waals surface area contributed by atoms with Crippen molar-refractivity contribution in [3.8, 4) is 5.75 Å². The number of nitrogens with one attached hydrogen (secondary N) is 1. The van der Waals surface area contributed by atoms with Crippen LogP contribution < -0.4 is 4.74 Å². The van der Waals surface area contributed by atoms with Crippen LogP contribution in [0.25, 0.3) is 0 Å². The maximum absolute atomic E-state index is 6.01. The number of hydrogen-bond acceptors (Lipinski definition) is 4. The second-order valence-electron chi connectivity index (χ2n) is 7.84. The summed E-state index contributed by atoms with van der Waals surface area (Å²) in [6.07, 6.45) is 5.01. The molecule has 0 amide bonds. The summed E-state index contributed by atoms with van der Waals surface area (Å²) in [5, 5.41) is 6.96. The van der Waals surface area contributed by atoms with Crippen molar-refractivity contribution in [1.29, 1.82) is 0 Å². The molecule has 2 aliphatic heterocycles. The van der Waals surface area contributed by atoms with Gasteiger partial charge in [-0.3, -0.25) is 14.9 Å². The Morgan fingerprint density at radius 1 is 0.893 bits per heavy atom. The van der Waals surface area contributed by atoms with E-state index in [9.17, 15) is 0 Å². The summed E-state index contributed by atoms with van der Waals surface area (Å²) in [7, 11) is 0. The molecular formula is C23H26N4O. The van der Waals surface area contributed by atoms with Crippen LogP contribution in [0.3, 0.4) is 0 Å². The number of ether oxygens (including phenoxy) is 1. The number of aromatic nitrogens is 2. The lowest BCUT2D eigenvalue weighted by Gasteiger charge is -2.29. The Balaban J connectivity index is 1.29. The monoisotopic (exact) mass is 374 g/mol. The Morgan fingerprint density at radius 2 is 1.71 bits per heavy atom. The largest absolute Gasteiger partial charge is 0.492 e. The van der Waals surface area contributed by atoms with E-state index in [1.54, 1.807) is 0 Å². The zero-order valence-corrected chi connectivity index (χ0v) is 16.1. The lowest BCUT2D eigenvalue weighted by Crippen LogP contribution is -2.30. The third-order valence-electron chi connectivity index (χ3n) is 5.76. The van der Waals surface area contributed by atoms with Crippen LogP contribution in [0.15, 0.2) is 54.9 Å². The van der Waals surface area contributed by atoms with Gasteiger partial charge in [-0.25, -0.2) is 0 Å². The minimum absolute atomic E-state index is 0.729. The average molecular weight is 374 g/mol. The van der Waals surface area contributed by atoms with Gasteiger partial charge in [0.25, 0.3) is 0 Å². The molecule has 0 spiro atoms. The average Bonchev–Trinajstić information content (AvgIpc) is 3.14. The Morgan fingerprint density at radius 3 is 2.61 bits per heavy atom. The quantitative estimate of drug-likeness (QED) is 0.761. The third kappa shape index (κ3) is 3.81. The van der Waals surface area contributed by atoms with Crippen LogP contribution in [-0.2, 0) is 32.6 Å². The Labute approximate surface area is 165 Å². The summed E-state index contributed by atoms with van der Waals surface area (Å²) >= 11 is 0. The Hall–Kier alpha value is -2.63. The van der Waals surface area contributed by atoms with E-state index < -0.39 is 0 Å². The smallest absolute Gasteiger partial charge is 0.123 e. The standard InChI is InChI=1S/C23H26N4O/c1-2-4-21-16-26(8-7-20(21)3-1)14-18-5-6-23-22(11-18)17-27(9-10-28-23)15-19-12-24-25-13-19/h1-6,11-13H,7-10,14-17H2,(H,24,25). The number of rotatable bonds is 4. The van der Waals surface area contributed by atoms with Crippen LogP contribution in [0.2, 0.25) is 0 Å². The molecule has 0 saturated heterocycles. The van der Waals surface area contributed by atoms with E-state index >= 15 is 0 Å². The van der Waals surface area contributed by atoms with Crippen molar-refractivity contribution < 1.29 is 4.74 Å². The lowest BCUT2D eigenvalue weighted by molar-refractivity contribution is 0.219. The van der Waals surface area contributed by atoms with Crippen molar-refractivity contribution in [3.63, 3.8) is 0 Å². The van der Waals surface area contributed by atoms with Crippen LogP contribution in [-0.4, -0.2) is 39.7 Å². The molecule has 28 heavy (non-hydrogen) atoms. The SMILES string of the molecule is c1ccc2c(c1)CCN(Cc1ccc3c(c1)CN(Cc1cn[nH]c1)CCO3)C2. The molecule has 5 heteroatoms. The molecule has 0 unspecified atom stereocenters. The van der Waals surface area contributed by atoms with Crippen LogP contribution in [0.1, 0.15) is 27.8 Å². The van der Waals surface area contributed by atoms with E-state index in [1.165, 1.54) is 27.8 Å². The summed E-state index contributed by atoms with van der Waals surface area (Å²) in [5.41, 5.74) is 6.84. The summed E-state index contributed by atoms with van der Waals surface area (Å²) < 4.78 is 6.01. The second-order valence-corrected chi connectivity index (χ2v) is 7.84. The van der Waals surface area contributed by atoms with Gasteiger partial charge in [-0.1, -0.05) is 30.3 Å². The van der Waals surface area contributed by atoms with Crippen molar-refractivity contribution in [3.05, 3.63) is 82.7 Å². The highest BCUT2D eigenvalue weighted by Gasteiger charge is 2.19. The lowest BCUT2D eigenvalue weighted by atomic mass is 9.99. The highest BCUT2D eigenvalue weighted by molar-refractivity contribution is 5.38. The van der Waals surface area contributed by atoms with Crippen molar-refractivity contribution in [2.24, 2.45) is 0 Å². The van der Waals surface area contributed by atoms with Crippen LogP contribution in [0.5, 0.6) is 5.75 Å². The highest BCUT2D eigenvalue weighted by atomic mass is 16.5. The molecule has 0 fully saturated rings. The Bertz CT molecular complexity index is 938. The van der Waals surface area contributed by atoms with E-state index in [2.05, 4.69) is 62.5 Å². The molecule has 5 nitrogen and oxygen atoms in total. The first-order chi connectivity index (χ1) is 13.8. The maximum atomic E-state index is 6.01. The molecule has 0 bridgehead atoms. The van der Waals surface area contributed by atoms with Gasteiger partial charge in [-0.15, -0.1) is 0 Å². The molecule has 2 aromatic carbocycles. The van der Waals surface area contributed by atoms with Crippen LogP contribution >= 0.6 is 0 Å². The Kier molecular flexibility index (Phi) is 4.85. The van der Waals surface area contributed by atoms with Gasteiger partial charge in [0.05, 0.1) is 6.20 Å². The highest BCUT2D eigenvalue weighted by Crippen LogP contribution is 2.27. The van der Waals surface area contributed by atoms with Crippen molar-refractivity contribution in [2.45, 2.75) is 32.6 Å². The number of H-pyrrole nitrogens is 1. The number of benzene rings is 2. The fourth-order valence-electron chi connectivity index (χ4n) is 4.30. The van der Waals surface area contributed by atoms with Gasteiger partial charge in [-0.2, -0.15) is 5.10 Å². The van der Waals surface area contributed by atoms with E-state index in [0.29, 0.717) is 0 Å². The molecule has 3 aromatic rings. The normalized spacial score (nSPS) is 17.4. The minimum atomic E-state index is 0.729. The van der Waals surface area contributed by atoms with E-state index in [0.717, 1.165) is 58.0 Å². The molecule has 3 heterocycles. The zero-order chi connectivity index (χ0) is 18.8. The topological polar surface area (TPSA) is 44.4 Å². The van der Waals surface area contributed by atoms with Gasteiger partial charge < -0.3 is 4.74 Å². The van der Waals surface area contributed by atoms with Crippen LogP contribution in [0.4, 0.5) is 0 Å². The molecule has 2 aliphatic rings. The molecule has 0 saturated carbocycles. The summed E-state index contributed by atoms with van der Waals surface area (Å²) in [6, 6.07) is 15.5.